The molecule has 0 aromatic rings. The summed E-state index contributed by atoms with van der Waals surface area (Å²) in [5.74, 6) is 0.116. The lowest BCUT2D eigenvalue weighted by Crippen LogP contribution is -2.61. The van der Waals surface area contributed by atoms with E-state index in [-0.39, 0.29) is 24.4 Å². The highest BCUT2D eigenvalue weighted by Gasteiger charge is 2.55. The highest BCUT2D eigenvalue weighted by Crippen LogP contribution is 2.57. The molecule has 3 aliphatic carbocycles. The zero-order chi connectivity index (χ0) is 28.0. The molecule has 0 radical (unpaired) electrons. The van der Waals surface area contributed by atoms with E-state index in [4.69, 9.17) is 23.7 Å². The topological polar surface area (TPSA) is 127 Å². The van der Waals surface area contributed by atoms with Gasteiger partial charge in [0.15, 0.2) is 6.29 Å². The summed E-state index contributed by atoms with van der Waals surface area (Å²) in [6.07, 6.45) is -2.33. The van der Waals surface area contributed by atoms with Crippen LogP contribution < -0.4 is 0 Å². The van der Waals surface area contributed by atoms with E-state index < -0.39 is 53.9 Å². The van der Waals surface area contributed by atoms with Crippen molar-refractivity contribution < 1.29 is 44.1 Å². The third-order valence-electron chi connectivity index (χ3n) is 9.65. The number of hydrogen-bond acceptors (Lipinski definition) is 9. The Labute approximate surface area is 226 Å². The second-order valence-electron chi connectivity index (χ2n) is 12.3. The van der Waals surface area contributed by atoms with Gasteiger partial charge in [0.25, 0.3) is 0 Å². The highest BCUT2D eigenvalue weighted by molar-refractivity contribution is 5.43. The van der Waals surface area contributed by atoms with Crippen LogP contribution in [0.1, 0.15) is 53.4 Å². The van der Waals surface area contributed by atoms with Gasteiger partial charge in [-0.1, -0.05) is 39.3 Å². The molecule has 0 bridgehead atoms. The maximum Gasteiger partial charge on any atom is 0.187 e. The van der Waals surface area contributed by atoms with E-state index in [1.54, 1.807) is 14.2 Å². The first-order chi connectivity index (χ1) is 17.9. The van der Waals surface area contributed by atoms with Gasteiger partial charge in [0.2, 0.25) is 0 Å². The van der Waals surface area contributed by atoms with Gasteiger partial charge in [-0.05, 0) is 54.6 Å². The van der Waals surface area contributed by atoms with Gasteiger partial charge in [-0.15, -0.1) is 0 Å². The summed E-state index contributed by atoms with van der Waals surface area (Å²) < 4.78 is 29.4. The fraction of sp³-hybridized carbons (Fsp3) is 0.862. The number of aliphatic hydroxyl groups is 4. The molecule has 4 rings (SSSR count). The molecule has 0 spiro atoms. The number of fused-ring (bicyclic) bond motifs is 2. The van der Waals surface area contributed by atoms with Crippen molar-refractivity contribution in [3.8, 4) is 0 Å². The largest absolute Gasteiger partial charge is 0.390 e. The molecule has 2 fully saturated rings. The average Bonchev–Trinajstić information content (AvgIpc) is 3.40. The normalized spacial score (nSPS) is 45.6. The molecule has 38 heavy (non-hydrogen) atoms. The Morgan fingerprint density at radius 1 is 1.00 bits per heavy atom. The lowest BCUT2D eigenvalue weighted by molar-refractivity contribution is -0.316. The molecule has 9 heteroatoms. The van der Waals surface area contributed by atoms with Crippen LogP contribution >= 0.6 is 0 Å². The van der Waals surface area contributed by atoms with Gasteiger partial charge in [-0.3, -0.25) is 0 Å². The predicted octanol–water partition coefficient (Wildman–Crippen LogP) is 1.96. The molecule has 1 saturated heterocycles. The Balaban J connectivity index is 1.80. The average molecular weight is 541 g/mol. The first kappa shape index (κ1) is 30.1. The molecule has 4 N–H and O–H groups in total. The molecule has 0 aromatic heterocycles. The summed E-state index contributed by atoms with van der Waals surface area (Å²) in [4.78, 5) is 0. The van der Waals surface area contributed by atoms with Gasteiger partial charge in [0, 0.05) is 26.7 Å². The van der Waals surface area contributed by atoms with Gasteiger partial charge in [0.05, 0.1) is 19.3 Å². The van der Waals surface area contributed by atoms with Gasteiger partial charge in [-0.2, -0.15) is 0 Å². The number of allylic oxidation sites excluding steroid dienone is 2. The molecule has 0 unspecified atom stereocenters. The Bertz CT molecular complexity index is 902. The second kappa shape index (κ2) is 11.5. The van der Waals surface area contributed by atoms with Crippen LogP contribution in [-0.4, -0.2) is 103 Å². The van der Waals surface area contributed by atoms with E-state index in [1.165, 1.54) is 18.3 Å². The smallest absolute Gasteiger partial charge is 0.187 e. The summed E-state index contributed by atoms with van der Waals surface area (Å²) in [5, 5.41) is 43.8. The van der Waals surface area contributed by atoms with Gasteiger partial charge < -0.3 is 44.1 Å². The molecule has 0 amide bonds. The zero-order valence-corrected chi connectivity index (χ0v) is 23.9. The molecule has 0 aromatic carbocycles. The van der Waals surface area contributed by atoms with Crippen LogP contribution in [0.5, 0.6) is 0 Å². The molecular weight excluding hydrogens is 492 g/mol. The number of methoxy groups -OCH3 is 3. The Kier molecular flexibility index (Phi) is 9.14. The fourth-order valence-corrected chi connectivity index (χ4v) is 7.42. The lowest BCUT2D eigenvalue weighted by atomic mass is 9.68. The monoisotopic (exact) mass is 540 g/mol. The van der Waals surface area contributed by atoms with Crippen molar-refractivity contribution in [2.45, 2.75) is 102 Å². The molecular formula is C29H48O9. The standard InChI is InChI=1S/C29H48O9/c1-15(2)17-8-10-28(4)12-19-18(9-11-29(19,36-7)14-35-6)16(3)22(30)26(21(17)28)38-27-25(33)24(32)23(31)20(37-27)13-34-5/h12,15-16,18,20,22-27,30-33H,8-11,13-14H2,1-7H3/t16-,18+,20-,22-,23-,24+,25-,26-,27-,28-,29+/m1/s1. The van der Waals surface area contributed by atoms with Crippen molar-refractivity contribution in [3.05, 3.63) is 22.8 Å². The van der Waals surface area contributed by atoms with Crippen molar-refractivity contribution in [3.63, 3.8) is 0 Å². The van der Waals surface area contributed by atoms with Crippen molar-refractivity contribution in [2.24, 2.45) is 23.2 Å². The van der Waals surface area contributed by atoms with E-state index >= 15 is 0 Å². The third-order valence-corrected chi connectivity index (χ3v) is 9.65. The number of hydrogen-bond donors (Lipinski definition) is 4. The molecule has 11 atom stereocenters. The maximum absolute atomic E-state index is 12.0. The number of ether oxygens (including phenoxy) is 5. The first-order valence-electron chi connectivity index (χ1n) is 14.0. The van der Waals surface area contributed by atoms with Crippen molar-refractivity contribution in [1.82, 2.24) is 0 Å². The van der Waals surface area contributed by atoms with Crippen LogP contribution in [0, 0.1) is 23.2 Å². The minimum atomic E-state index is -1.48. The van der Waals surface area contributed by atoms with E-state index in [0.717, 1.165) is 31.3 Å². The quantitative estimate of drug-likeness (QED) is 0.342. The van der Waals surface area contributed by atoms with Crippen molar-refractivity contribution in [1.29, 1.82) is 0 Å². The number of rotatable bonds is 8. The Hall–Kier alpha value is -0.880. The summed E-state index contributed by atoms with van der Waals surface area (Å²) in [5.41, 5.74) is 2.47. The number of aliphatic hydroxyl groups excluding tert-OH is 4. The third kappa shape index (κ3) is 5.03. The van der Waals surface area contributed by atoms with Gasteiger partial charge in [-0.25, -0.2) is 0 Å². The van der Waals surface area contributed by atoms with Gasteiger partial charge >= 0.3 is 0 Å². The molecule has 1 aliphatic heterocycles. The maximum atomic E-state index is 12.0. The molecule has 218 valence electrons. The SMILES string of the molecule is COC[C@H]1O[C@H](O[C@@H]2C3=C(C(C)C)CC[C@]3(C)C=C3[C@@H](CC[C@@]3(COC)OC)[C@@H](C)[C@H]2O)[C@H](O)[C@@H](O)[C@@H]1O. The molecule has 9 nitrogen and oxygen atoms in total. The van der Waals surface area contributed by atoms with Crippen LogP contribution in [0.15, 0.2) is 22.8 Å². The summed E-state index contributed by atoms with van der Waals surface area (Å²) in [7, 11) is 4.90. The van der Waals surface area contributed by atoms with Crippen LogP contribution in [0.4, 0.5) is 0 Å². The van der Waals surface area contributed by atoms with Crippen LogP contribution in [-0.2, 0) is 23.7 Å². The minimum absolute atomic E-state index is 0.0266. The minimum Gasteiger partial charge on any atom is -0.390 e. The summed E-state index contributed by atoms with van der Waals surface area (Å²) in [6, 6.07) is 0. The van der Waals surface area contributed by atoms with Crippen LogP contribution in [0.3, 0.4) is 0 Å². The Morgan fingerprint density at radius 2 is 1.71 bits per heavy atom. The van der Waals surface area contributed by atoms with Gasteiger partial charge in [0.1, 0.15) is 36.1 Å². The molecule has 1 saturated carbocycles. The van der Waals surface area contributed by atoms with Crippen molar-refractivity contribution in [2.75, 3.05) is 34.5 Å². The van der Waals surface area contributed by atoms with E-state index in [9.17, 15) is 20.4 Å². The zero-order valence-electron chi connectivity index (χ0n) is 23.9. The molecule has 1 heterocycles. The Morgan fingerprint density at radius 3 is 2.32 bits per heavy atom. The van der Waals surface area contributed by atoms with Crippen LogP contribution in [0.25, 0.3) is 0 Å². The lowest BCUT2D eigenvalue weighted by Gasteiger charge is -2.46. The fourth-order valence-electron chi connectivity index (χ4n) is 7.42. The van der Waals surface area contributed by atoms with E-state index in [2.05, 4.69) is 26.8 Å². The van der Waals surface area contributed by atoms with E-state index in [1.807, 2.05) is 6.92 Å². The second-order valence-corrected chi connectivity index (χ2v) is 12.3. The van der Waals surface area contributed by atoms with Crippen LogP contribution in [0.2, 0.25) is 0 Å². The first-order valence-corrected chi connectivity index (χ1v) is 14.0. The summed E-state index contributed by atoms with van der Waals surface area (Å²) in [6.45, 7) is 9.00. The molecule has 4 aliphatic rings. The van der Waals surface area contributed by atoms with Crippen molar-refractivity contribution >= 4 is 0 Å². The van der Waals surface area contributed by atoms with E-state index in [0.29, 0.717) is 6.61 Å². The predicted molar refractivity (Wildman–Crippen MR) is 140 cm³/mol. The highest BCUT2D eigenvalue weighted by atomic mass is 16.7. The summed E-state index contributed by atoms with van der Waals surface area (Å²) >= 11 is 0.